The van der Waals surface area contributed by atoms with Crippen molar-refractivity contribution in [2.45, 2.75) is 13.1 Å². The number of carbonyl (C=O) groups excluding carboxylic acids is 1. The Hall–Kier alpha value is -1.83. The van der Waals surface area contributed by atoms with Crippen molar-refractivity contribution in [3.05, 3.63) is 29.8 Å². The van der Waals surface area contributed by atoms with Crippen LogP contribution < -0.4 is 11.1 Å². The molecular formula is C12H14F3N3OS. The first-order chi connectivity index (χ1) is 9.24. The predicted molar refractivity (Wildman–Crippen MR) is 74.5 cm³/mol. The van der Waals surface area contributed by atoms with Gasteiger partial charge in [-0.3, -0.25) is 0 Å². The number of nitrogens with zero attached hydrogens (tertiary/aromatic N) is 1. The highest BCUT2D eigenvalue weighted by atomic mass is 32.1. The number of anilines is 1. The molecule has 0 heterocycles. The van der Waals surface area contributed by atoms with Gasteiger partial charge < -0.3 is 16.0 Å². The van der Waals surface area contributed by atoms with Gasteiger partial charge in [0.25, 0.3) is 0 Å². The number of likely N-dealkylation sites (N-methyl/N-ethyl adjacent to an activating group) is 1. The monoisotopic (exact) mass is 305 g/mol. The lowest BCUT2D eigenvalue weighted by molar-refractivity contribution is -0.137. The number of amides is 2. The van der Waals surface area contributed by atoms with Crippen LogP contribution in [-0.2, 0) is 6.18 Å². The number of benzene rings is 1. The predicted octanol–water partition coefficient (Wildman–Crippen LogP) is 2.85. The number of hydrogen-bond donors (Lipinski definition) is 2. The van der Waals surface area contributed by atoms with Crippen LogP contribution in [0.25, 0.3) is 0 Å². The first kappa shape index (κ1) is 16.2. The zero-order valence-electron chi connectivity index (χ0n) is 10.7. The van der Waals surface area contributed by atoms with E-state index < -0.39 is 17.8 Å². The van der Waals surface area contributed by atoms with Crippen LogP contribution in [-0.4, -0.2) is 29.0 Å². The maximum atomic E-state index is 12.5. The van der Waals surface area contributed by atoms with Gasteiger partial charge in [0.2, 0.25) is 0 Å². The van der Waals surface area contributed by atoms with Gasteiger partial charge in [-0.15, -0.1) is 0 Å². The van der Waals surface area contributed by atoms with Crippen LogP contribution in [0.4, 0.5) is 23.7 Å². The summed E-state index contributed by atoms with van der Waals surface area (Å²) in [4.78, 5) is 13.3. The minimum absolute atomic E-state index is 0.0613. The number of rotatable bonds is 4. The van der Waals surface area contributed by atoms with E-state index in [0.29, 0.717) is 6.54 Å². The molecular weight excluding hydrogens is 291 g/mol. The van der Waals surface area contributed by atoms with E-state index in [1.807, 2.05) is 0 Å². The third-order valence-electron chi connectivity index (χ3n) is 2.46. The Labute approximate surface area is 119 Å². The summed E-state index contributed by atoms with van der Waals surface area (Å²) in [6.07, 6.45) is -4.45. The van der Waals surface area contributed by atoms with E-state index in [4.69, 9.17) is 18.0 Å². The van der Waals surface area contributed by atoms with E-state index in [1.54, 1.807) is 6.92 Å². The average molecular weight is 305 g/mol. The summed E-state index contributed by atoms with van der Waals surface area (Å²) in [7, 11) is 0. The van der Waals surface area contributed by atoms with Crippen LogP contribution in [0, 0.1) is 0 Å². The summed E-state index contributed by atoms with van der Waals surface area (Å²) < 4.78 is 37.6. The Kier molecular flexibility index (Phi) is 5.32. The van der Waals surface area contributed by atoms with Crippen LogP contribution in [0.5, 0.6) is 0 Å². The molecule has 0 aromatic heterocycles. The number of halogens is 3. The van der Waals surface area contributed by atoms with E-state index in [-0.39, 0.29) is 17.2 Å². The second-order valence-corrected chi connectivity index (χ2v) is 4.51. The Balaban J connectivity index is 2.82. The highest BCUT2D eigenvalue weighted by molar-refractivity contribution is 7.80. The maximum absolute atomic E-state index is 12.5. The number of nitrogens with two attached hydrogens (primary N) is 1. The van der Waals surface area contributed by atoms with Crippen LogP contribution in [0.2, 0.25) is 0 Å². The molecule has 1 rings (SSSR count). The molecule has 0 aliphatic heterocycles. The van der Waals surface area contributed by atoms with Gasteiger partial charge >= 0.3 is 12.2 Å². The summed E-state index contributed by atoms with van der Waals surface area (Å²) in [5.74, 6) is 0. The molecule has 8 heteroatoms. The summed E-state index contributed by atoms with van der Waals surface area (Å²) in [6, 6.07) is 3.85. The number of nitrogens with one attached hydrogen (secondary N) is 1. The third-order valence-corrected chi connectivity index (χ3v) is 2.59. The van der Waals surface area contributed by atoms with Gasteiger partial charge in [-0.05, 0) is 25.1 Å². The van der Waals surface area contributed by atoms with Gasteiger partial charge in [0.1, 0.15) is 0 Å². The molecule has 0 saturated heterocycles. The molecule has 0 unspecified atom stereocenters. The van der Waals surface area contributed by atoms with Gasteiger partial charge in [-0.1, -0.05) is 18.3 Å². The lowest BCUT2D eigenvalue weighted by Gasteiger charge is -2.21. The Morgan fingerprint density at radius 3 is 2.60 bits per heavy atom. The highest BCUT2D eigenvalue weighted by Crippen LogP contribution is 2.30. The summed E-state index contributed by atoms with van der Waals surface area (Å²) in [6.45, 7) is 2.11. The maximum Gasteiger partial charge on any atom is 0.416 e. The van der Waals surface area contributed by atoms with Crippen molar-refractivity contribution in [3.8, 4) is 0 Å². The fourth-order valence-corrected chi connectivity index (χ4v) is 1.65. The molecule has 20 heavy (non-hydrogen) atoms. The molecule has 0 atom stereocenters. The van der Waals surface area contributed by atoms with Gasteiger partial charge in [-0.25, -0.2) is 4.79 Å². The first-order valence-corrected chi connectivity index (χ1v) is 6.16. The lowest BCUT2D eigenvalue weighted by atomic mass is 10.2. The van der Waals surface area contributed by atoms with Gasteiger partial charge in [0, 0.05) is 12.2 Å². The number of hydrogen-bond acceptors (Lipinski definition) is 2. The summed E-state index contributed by atoms with van der Waals surface area (Å²) in [5, 5.41) is 2.38. The third kappa shape index (κ3) is 4.69. The van der Waals surface area contributed by atoms with Crippen molar-refractivity contribution in [2.75, 3.05) is 18.4 Å². The Morgan fingerprint density at radius 2 is 2.10 bits per heavy atom. The molecule has 0 fully saturated rings. The lowest BCUT2D eigenvalue weighted by Crippen LogP contribution is -2.40. The fourth-order valence-electron chi connectivity index (χ4n) is 1.49. The molecule has 0 aliphatic rings. The van der Waals surface area contributed by atoms with Crippen LogP contribution in [0.3, 0.4) is 0 Å². The van der Waals surface area contributed by atoms with Crippen molar-refractivity contribution in [2.24, 2.45) is 5.73 Å². The van der Waals surface area contributed by atoms with Crippen LogP contribution in [0.1, 0.15) is 12.5 Å². The molecule has 0 saturated carbocycles. The van der Waals surface area contributed by atoms with E-state index in [1.165, 1.54) is 17.0 Å². The van der Waals surface area contributed by atoms with E-state index >= 15 is 0 Å². The standard InChI is InChI=1S/C12H14F3N3OS/c1-2-18(7-10(16)20)11(19)17-9-5-3-4-8(6-9)12(13,14)15/h3-6H,2,7H2,1H3,(H2,16,20)(H,17,19). The average Bonchev–Trinajstić information content (AvgIpc) is 2.34. The van der Waals surface area contributed by atoms with Crippen molar-refractivity contribution < 1.29 is 18.0 Å². The molecule has 0 aliphatic carbocycles. The minimum Gasteiger partial charge on any atom is -0.392 e. The second kappa shape index (κ2) is 6.56. The number of urea groups is 1. The van der Waals surface area contributed by atoms with Crippen molar-refractivity contribution in [3.63, 3.8) is 0 Å². The summed E-state index contributed by atoms with van der Waals surface area (Å²) in [5.41, 5.74) is 4.58. The van der Waals surface area contributed by atoms with E-state index in [9.17, 15) is 18.0 Å². The van der Waals surface area contributed by atoms with Crippen molar-refractivity contribution in [1.82, 2.24) is 4.90 Å². The highest BCUT2D eigenvalue weighted by Gasteiger charge is 2.30. The molecule has 3 N–H and O–H groups in total. The van der Waals surface area contributed by atoms with E-state index in [0.717, 1.165) is 12.1 Å². The van der Waals surface area contributed by atoms with Crippen LogP contribution >= 0.6 is 12.2 Å². The van der Waals surface area contributed by atoms with Crippen LogP contribution in [0.15, 0.2) is 24.3 Å². The fraction of sp³-hybridized carbons (Fsp3) is 0.333. The number of alkyl halides is 3. The molecule has 2 amide bonds. The molecule has 110 valence electrons. The zero-order valence-corrected chi connectivity index (χ0v) is 11.5. The smallest absolute Gasteiger partial charge is 0.392 e. The Bertz CT molecular complexity index is 505. The normalized spacial score (nSPS) is 11.0. The Morgan fingerprint density at radius 1 is 1.45 bits per heavy atom. The van der Waals surface area contributed by atoms with Gasteiger partial charge in [0.15, 0.2) is 0 Å². The largest absolute Gasteiger partial charge is 0.416 e. The molecule has 1 aromatic carbocycles. The molecule has 0 spiro atoms. The van der Waals surface area contributed by atoms with Crippen molar-refractivity contribution in [1.29, 1.82) is 0 Å². The zero-order chi connectivity index (χ0) is 15.3. The molecule has 0 bridgehead atoms. The minimum atomic E-state index is -4.45. The molecule has 1 aromatic rings. The number of carbonyl (C=O) groups is 1. The van der Waals surface area contributed by atoms with Crippen molar-refractivity contribution >= 4 is 28.9 Å². The van der Waals surface area contributed by atoms with Gasteiger partial charge in [-0.2, -0.15) is 13.2 Å². The number of thiocarbonyl (C=S) groups is 1. The molecule has 4 nitrogen and oxygen atoms in total. The first-order valence-electron chi connectivity index (χ1n) is 5.75. The summed E-state index contributed by atoms with van der Waals surface area (Å²) >= 11 is 4.70. The topological polar surface area (TPSA) is 58.4 Å². The SMILES string of the molecule is CCN(CC(N)=S)C(=O)Nc1cccc(C(F)(F)F)c1. The quantitative estimate of drug-likeness (QED) is 0.841. The van der Waals surface area contributed by atoms with Gasteiger partial charge in [0.05, 0.1) is 17.1 Å². The van der Waals surface area contributed by atoms with E-state index in [2.05, 4.69) is 5.32 Å². The molecule has 0 radical (unpaired) electrons. The second-order valence-electron chi connectivity index (χ2n) is 3.99.